The highest BCUT2D eigenvalue weighted by Crippen LogP contribution is 2.07. The van der Waals surface area contributed by atoms with Crippen LogP contribution in [0.25, 0.3) is 0 Å². The van der Waals surface area contributed by atoms with Gasteiger partial charge in [-0.05, 0) is 33.2 Å². The summed E-state index contributed by atoms with van der Waals surface area (Å²) in [7, 11) is 0. The van der Waals surface area contributed by atoms with Crippen LogP contribution in [-0.2, 0) is 6.54 Å². The quantitative estimate of drug-likeness (QED) is 0.701. The molecule has 1 aromatic heterocycles. The fraction of sp³-hybridized carbons (Fsp3) is 0.727. The van der Waals surface area contributed by atoms with Crippen LogP contribution in [0.1, 0.15) is 36.9 Å². The van der Waals surface area contributed by atoms with Crippen molar-refractivity contribution < 1.29 is 0 Å². The van der Waals surface area contributed by atoms with Crippen LogP contribution >= 0.6 is 11.3 Å². The molecule has 0 aromatic carbocycles. The maximum Gasteiger partial charge on any atom is 0.107 e. The van der Waals surface area contributed by atoms with Crippen LogP contribution in [0.5, 0.6) is 0 Å². The van der Waals surface area contributed by atoms with E-state index in [1.165, 1.54) is 17.8 Å². The van der Waals surface area contributed by atoms with Gasteiger partial charge in [0.1, 0.15) is 5.01 Å². The third-order valence-electron chi connectivity index (χ3n) is 2.21. The summed E-state index contributed by atoms with van der Waals surface area (Å²) in [6.07, 6.45) is 3.53. The molecule has 0 aliphatic carbocycles. The lowest BCUT2D eigenvalue weighted by Gasteiger charge is -2.05. The molecule has 0 radical (unpaired) electrons. The van der Waals surface area contributed by atoms with Gasteiger partial charge < -0.3 is 11.1 Å². The van der Waals surface area contributed by atoms with Crippen molar-refractivity contribution >= 4 is 11.3 Å². The average Bonchev–Trinajstić information content (AvgIpc) is 2.57. The highest BCUT2D eigenvalue weighted by atomic mass is 32.1. The minimum absolute atomic E-state index is 0.339. The molecule has 0 aliphatic rings. The molecule has 3 nitrogen and oxygen atoms in total. The van der Waals surface area contributed by atoms with Crippen LogP contribution in [0.15, 0.2) is 5.38 Å². The summed E-state index contributed by atoms with van der Waals surface area (Å²) in [5.41, 5.74) is 6.79. The molecule has 1 unspecified atom stereocenters. The molecule has 4 heteroatoms. The van der Waals surface area contributed by atoms with Crippen molar-refractivity contribution in [2.24, 2.45) is 5.73 Å². The van der Waals surface area contributed by atoms with E-state index in [2.05, 4.69) is 22.6 Å². The molecule has 1 rings (SSSR count). The predicted octanol–water partition coefficient (Wildman–Crippen LogP) is 2.06. The van der Waals surface area contributed by atoms with E-state index in [0.29, 0.717) is 6.04 Å². The highest BCUT2D eigenvalue weighted by Gasteiger charge is 1.98. The number of aromatic nitrogens is 1. The van der Waals surface area contributed by atoms with Crippen LogP contribution in [0.4, 0.5) is 0 Å². The lowest BCUT2D eigenvalue weighted by molar-refractivity contribution is 0.563. The summed E-state index contributed by atoms with van der Waals surface area (Å²) >= 11 is 1.72. The molecule has 0 spiro atoms. The number of nitrogens with zero attached hydrogens (tertiary/aromatic N) is 1. The van der Waals surface area contributed by atoms with Crippen LogP contribution in [0, 0.1) is 6.92 Å². The van der Waals surface area contributed by atoms with Crippen molar-refractivity contribution in [3.63, 3.8) is 0 Å². The van der Waals surface area contributed by atoms with E-state index >= 15 is 0 Å². The second kappa shape index (κ2) is 6.93. The van der Waals surface area contributed by atoms with Crippen LogP contribution in [-0.4, -0.2) is 17.6 Å². The van der Waals surface area contributed by atoms with E-state index in [0.717, 1.165) is 25.2 Å². The Morgan fingerprint density at radius 2 is 2.33 bits per heavy atom. The van der Waals surface area contributed by atoms with Crippen molar-refractivity contribution in [3.05, 3.63) is 16.1 Å². The number of unbranched alkanes of at least 4 members (excludes halogenated alkanes) is 1. The molecule has 3 N–H and O–H groups in total. The zero-order valence-electron chi connectivity index (χ0n) is 9.62. The predicted molar refractivity (Wildman–Crippen MR) is 66.1 cm³/mol. The zero-order valence-corrected chi connectivity index (χ0v) is 10.4. The summed E-state index contributed by atoms with van der Waals surface area (Å²) in [5, 5.41) is 6.67. The summed E-state index contributed by atoms with van der Waals surface area (Å²) < 4.78 is 0. The average molecular weight is 227 g/mol. The van der Waals surface area contributed by atoms with Gasteiger partial charge >= 0.3 is 0 Å². The van der Waals surface area contributed by atoms with Gasteiger partial charge in [-0.25, -0.2) is 4.98 Å². The molecular weight excluding hydrogens is 206 g/mol. The number of rotatable bonds is 7. The third-order valence-corrected chi connectivity index (χ3v) is 3.17. The Hall–Kier alpha value is -0.450. The number of nitrogens with two attached hydrogens (primary N) is 1. The lowest BCUT2D eigenvalue weighted by atomic mass is 10.1. The SMILES string of the molecule is Cc1csc(CNCCCCC(C)N)n1. The van der Waals surface area contributed by atoms with Crippen molar-refractivity contribution in [3.8, 4) is 0 Å². The largest absolute Gasteiger partial charge is 0.328 e. The second-order valence-electron chi connectivity index (χ2n) is 4.03. The number of hydrogen-bond acceptors (Lipinski definition) is 4. The van der Waals surface area contributed by atoms with Crippen molar-refractivity contribution in [2.75, 3.05) is 6.54 Å². The maximum atomic E-state index is 5.67. The van der Waals surface area contributed by atoms with Gasteiger partial charge in [0.15, 0.2) is 0 Å². The monoisotopic (exact) mass is 227 g/mol. The number of aryl methyl sites for hydroxylation is 1. The van der Waals surface area contributed by atoms with E-state index in [1.54, 1.807) is 11.3 Å². The standard InChI is InChI=1S/C11H21N3S/c1-9(12)5-3-4-6-13-7-11-14-10(2)8-15-11/h8-9,13H,3-7,12H2,1-2H3. The van der Waals surface area contributed by atoms with Crippen LogP contribution in [0.2, 0.25) is 0 Å². The molecule has 1 atom stereocenters. The minimum atomic E-state index is 0.339. The van der Waals surface area contributed by atoms with Gasteiger partial charge in [-0.2, -0.15) is 0 Å². The first kappa shape index (κ1) is 12.6. The Morgan fingerprint density at radius 1 is 1.53 bits per heavy atom. The summed E-state index contributed by atoms with van der Waals surface area (Å²) in [4.78, 5) is 4.39. The minimum Gasteiger partial charge on any atom is -0.328 e. The topological polar surface area (TPSA) is 50.9 Å². The molecule has 15 heavy (non-hydrogen) atoms. The number of thiazole rings is 1. The zero-order chi connectivity index (χ0) is 11.1. The van der Waals surface area contributed by atoms with E-state index < -0.39 is 0 Å². The van der Waals surface area contributed by atoms with Crippen LogP contribution in [0.3, 0.4) is 0 Å². The molecule has 0 saturated carbocycles. The maximum absolute atomic E-state index is 5.67. The van der Waals surface area contributed by atoms with E-state index in [9.17, 15) is 0 Å². The second-order valence-corrected chi connectivity index (χ2v) is 4.98. The van der Waals surface area contributed by atoms with Gasteiger partial charge in [0.2, 0.25) is 0 Å². The number of hydrogen-bond donors (Lipinski definition) is 2. The van der Waals surface area contributed by atoms with Gasteiger partial charge in [0.25, 0.3) is 0 Å². The fourth-order valence-corrected chi connectivity index (χ4v) is 2.14. The van der Waals surface area contributed by atoms with Gasteiger partial charge in [0, 0.05) is 23.7 Å². The Bertz CT molecular complexity index is 271. The van der Waals surface area contributed by atoms with Crippen molar-refractivity contribution in [1.29, 1.82) is 0 Å². The molecule has 0 aliphatic heterocycles. The highest BCUT2D eigenvalue weighted by molar-refractivity contribution is 7.09. The molecule has 0 saturated heterocycles. The van der Waals surface area contributed by atoms with Gasteiger partial charge in [0.05, 0.1) is 0 Å². The van der Waals surface area contributed by atoms with Crippen molar-refractivity contribution in [1.82, 2.24) is 10.3 Å². The first-order valence-corrected chi connectivity index (χ1v) is 6.43. The van der Waals surface area contributed by atoms with E-state index in [1.807, 2.05) is 6.92 Å². The molecule has 0 amide bonds. The van der Waals surface area contributed by atoms with Gasteiger partial charge in [-0.15, -0.1) is 11.3 Å². The molecule has 0 bridgehead atoms. The molecule has 0 fully saturated rings. The smallest absolute Gasteiger partial charge is 0.107 e. The fourth-order valence-electron chi connectivity index (χ4n) is 1.40. The lowest BCUT2D eigenvalue weighted by Crippen LogP contribution is -2.17. The Kier molecular flexibility index (Phi) is 5.83. The Balaban J connectivity index is 1.98. The molecule has 86 valence electrons. The molecule has 1 heterocycles. The van der Waals surface area contributed by atoms with E-state index in [-0.39, 0.29) is 0 Å². The normalized spacial score (nSPS) is 13.0. The summed E-state index contributed by atoms with van der Waals surface area (Å²) in [6, 6.07) is 0.339. The van der Waals surface area contributed by atoms with Crippen LogP contribution < -0.4 is 11.1 Å². The molecular formula is C11H21N3S. The Labute approximate surface area is 96.1 Å². The summed E-state index contributed by atoms with van der Waals surface area (Å²) in [5.74, 6) is 0. The van der Waals surface area contributed by atoms with Gasteiger partial charge in [-0.1, -0.05) is 6.42 Å². The number of nitrogens with one attached hydrogen (secondary N) is 1. The van der Waals surface area contributed by atoms with Gasteiger partial charge in [-0.3, -0.25) is 0 Å². The van der Waals surface area contributed by atoms with E-state index in [4.69, 9.17) is 5.73 Å². The first-order valence-electron chi connectivity index (χ1n) is 5.56. The van der Waals surface area contributed by atoms with Crippen molar-refractivity contribution in [2.45, 2.75) is 45.7 Å². The summed E-state index contributed by atoms with van der Waals surface area (Å²) in [6.45, 7) is 6.05. The Morgan fingerprint density at radius 3 is 2.93 bits per heavy atom. The molecule has 1 aromatic rings. The third kappa shape index (κ3) is 5.87. The first-order chi connectivity index (χ1) is 7.18.